The Kier molecular flexibility index (Phi) is 20.4. The van der Waals surface area contributed by atoms with Gasteiger partial charge in [0.1, 0.15) is 0 Å². The lowest BCUT2D eigenvalue weighted by atomic mass is 9.43. The van der Waals surface area contributed by atoms with Crippen molar-refractivity contribution in [3.8, 4) is 0 Å². The lowest BCUT2D eigenvalue weighted by Crippen LogP contribution is -2.63. The van der Waals surface area contributed by atoms with Crippen molar-refractivity contribution < 1.29 is 14.2 Å². The number of hydrogen-bond acceptors (Lipinski definition) is 7. The highest BCUT2D eigenvalue weighted by Gasteiger charge is 2.66. The van der Waals surface area contributed by atoms with E-state index in [1.807, 2.05) is 0 Å². The Labute approximate surface area is 328 Å². The van der Waals surface area contributed by atoms with Crippen LogP contribution in [0.15, 0.2) is 0 Å². The van der Waals surface area contributed by atoms with E-state index < -0.39 is 0 Å². The summed E-state index contributed by atoms with van der Waals surface area (Å²) >= 11 is 0. The number of nitrogens with two attached hydrogens (primary N) is 3. The van der Waals surface area contributed by atoms with Gasteiger partial charge in [-0.25, -0.2) is 0 Å². The first-order chi connectivity index (χ1) is 25.8. The Morgan fingerprint density at radius 3 is 1.87 bits per heavy atom. The maximum atomic E-state index is 7.20. The van der Waals surface area contributed by atoms with Gasteiger partial charge in [0.2, 0.25) is 0 Å². The standard InChI is InChI=1S/C46H90N4O3/c1-6-8-13-27-50(28-14-9-7-2)29-18-19-36(3)39-20-21-40-44-41(35-43(46(39,40)5)53-32-17-12-26-49)45(4)23-22-38(51-30-15-10-24-47)33-37(45)34-42(44)52-31-16-11-25-48/h36-44H,6-35,47-49H2,1-5H3/t36-,37+,38-,39-,40+,41+,42-,43+,44+,45+,46-/m1/s1. The molecule has 0 bridgehead atoms. The summed E-state index contributed by atoms with van der Waals surface area (Å²) < 4.78 is 20.8. The van der Waals surface area contributed by atoms with Gasteiger partial charge in [-0.05, 0) is 189 Å². The highest BCUT2D eigenvalue weighted by Crippen LogP contribution is 2.69. The summed E-state index contributed by atoms with van der Waals surface area (Å²) in [4.78, 5) is 2.80. The Morgan fingerprint density at radius 2 is 1.25 bits per heavy atom. The van der Waals surface area contributed by atoms with Crippen molar-refractivity contribution in [2.75, 3.05) is 59.1 Å². The van der Waals surface area contributed by atoms with Crippen LogP contribution in [-0.2, 0) is 14.2 Å². The quantitative estimate of drug-likeness (QED) is 0.0685. The third-order valence-corrected chi connectivity index (χ3v) is 15.5. The zero-order chi connectivity index (χ0) is 38.1. The molecular formula is C46H90N4O3. The van der Waals surface area contributed by atoms with Crippen molar-refractivity contribution in [2.45, 2.75) is 188 Å². The minimum atomic E-state index is 0.191. The Hall–Kier alpha value is -0.280. The lowest BCUT2D eigenvalue weighted by Gasteiger charge is -2.65. The summed E-state index contributed by atoms with van der Waals surface area (Å²) in [7, 11) is 0. The fourth-order valence-corrected chi connectivity index (χ4v) is 12.4. The molecule has 4 saturated carbocycles. The summed E-state index contributed by atoms with van der Waals surface area (Å²) in [6.07, 6.45) is 26.8. The van der Waals surface area contributed by atoms with Gasteiger partial charge in [-0.3, -0.25) is 0 Å². The third kappa shape index (κ3) is 12.1. The Balaban J connectivity index is 1.54. The van der Waals surface area contributed by atoms with Crippen molar-refractivity contribution in [1.29, 1.82) is 0 Å². The largest absolute Gasteiger partial charge is 0.378 e. The monoisotopic (exact) mass is 747 g/mol. The van der Waals surface area contributed by atoms with Crippen LogP contribution in [-0.4, -0.2) is 82.3 Å². The van der Waals surface area contributed by atoms with E-state index in [-0.39, 0.29) is 5.41 Å². The zero-order valence-electron chi connectivity index (χ0n) is 35.8. The molecule has 0 aromatic rings. The van der Waals surface area contributed by atoms with Crippen LogP contribution in [0, 0.1) is 46.3 Å². The number of rotatable bonds is 28. The normalized spacial score (nSPS) is 34.6. The molecule has 0 aromatic heterocycles. The second-order valence-electron chi connectivity index (χ2n) is 18.9. The van der Waals surface area contributed by atoms with Crippen LogP contribution >= 0.6 is 0 Å². The van der Waals surface area contributed by atoms with Crippen LogP contribution in [0.5, 0.6) is 0 Å². The predicted octanol–water partition coefficient (Wildman–Crippen LogP) is 9.34. The van der Waals surface area contributed by atoms with E-state index in [9.17, 15) is 0 Å². The van der Waals surface area contributed by atoms with Crippen molar-refractivity contribution in [3.63, 3.8) is 0 Å². The van der Waals surface area contributed by atoms with Crippen molar-refractivity contribution in [2.24, 2.45) is 63.5 Å². The molecule has 7 nitrogen and oxygen atoms in total. The molecule has 4 fully saturated rings. The molecule has 4 aliphatic rings. The molecule has 6 N–H and O–H groups in total. The van der Waals surface area contributed by atoms with Crippen LogP contribution in [0.3, 0.4) is 0 Å². The number of ether oxygens (including phenoxy) is 3. The molecule has 0 amide bonds. The zero-order valence-corrected chi connectivity index (χ0v) is 35.8. The minimum Gasteiger partial charge on any atom is -0.378 e. The fourth-order valence-electron chi connectivity index (χ4n) is 12.4. The van der Waals surface area contributed by atoms with Gasteiger partial charge in [-0.15, -0.1) is 0 Å². The highest BCUT2D eigenvalue weighted by atomic mass is 16.5. The minimum absolute atomic E-state index is 0.191. The molecule has 4 rings (SSSR count). The van der Waals surface area contributed by atoms with Crippen LogP contribution in [0.4, 0.5) is 0 Å². The second kappa shape index (κ2) is 23.8. The first-order valence-corrected chi connectivity index (χ1v) is 23.5. The van der Waals surface area contributed by atoms with E-state index in [2.05, 4.69) is 39.5 Å². The summed E-state index contributed by atoms with van der Waals surface area (Å²) in [6.45, 7) is 21.3. The average Bonchev–Trinajstić information content (AvgIpc) is 3.52. The van der Waals surface area contributed by atoms with Crippen LogP contribution in [0.2, 0.25) is 0 Å². The molecule has 0 heterocycles. The van der Waals surface area contributed by atoms with Gasteiger partial charge in [-0.2, -0.15) is 0 Å². The van der Waals surface area contributed by atoms with Gasteiger partial charge in [0, 0.05) is 25.2 Å². The molecule has 0 aliphatic heterocycles. The Morgan fingerprint density at radius 1 is 0.642 bits per heavy atom. The van der Waals surface area contributed by atoms with E-state index in [0.717, 1.165) is 78.0 Å². The lowest BCUT2D eigenvalue weighted by molar-refractivity contribution is -0.227. The van der Waals surface area contributed by atoms with Crippen molar-refractivity contribution in [1.82, 2.24) is 4.90 Å². The molecule has 0 radical (unpaired) electrons. The molecular weight excluding hydrogens is 657 g/mol. The first-order valence-electron chi connectivity index (χ1n) is 23.5. The van der Waals surface area contributed by atoms with Gasteiger partial charge in [0.25, 0.3) is 0 Å². The summed E-state index contributed by atoms with van der Waals surface area (Å²) in [6, 6.07) is 0. The van der Waals surface area contributed by atoms with Gasteiger partial charge in [0.05, 0.1) is 18.3 Å². The number of fused-ring (bicyclic) bond motifs is 5. The maximum absolute atomic E-state index is 7.20. The highest BCUT2D eigenvalue weighted by molar-refractivity contribution is 5.15. The summed E-state index contributed by atoms with van der Waals surface area (Å²) in [5, 5.41) is 0. The van der Waals surface area contributed by atoms with E-state index >= 15 is 0 Å². The SMILES string of the molecule is CCCCCN(CCCCC)CCC[C@@H](C)[C@H]1CC[C@H]2[C@@H]3[C@H](OCCCCN)C[C@@H]4C[C@H](OCCCCN)CC[C@]4(C)[C@H]3C[C@H](OCCCCN)[C@]12C. The maximum Gasteiger partial charge on any atom is 0.0637 e. The van der Waals surface area contributed by atoms with Gasteiger partial charge in [0.15, 0.2) is 0 Å². The van der Waals surface area contributed by atoms with E-state index in [4.69, 9.17) is 31.4 Å². The predicted molar refractivity (Wildman–Crippen MR) is 224 cm³/mol. The first kappa shape index (κ1) is 45.4. The molecule has 0 unspecified atom stereocenters. The van der Waals surface area contributed by atoms with E-state index in [1.165, 1.54) is 116 Å². The van der Waals surface area contributed by atoms with Gasteiger partial charge in [-0.1, -0.05) is 60.3 Å². The smallest absolute Gasteiger partial charge is 0.0637 e. The molecule has 4 aliphatic carbocycles. The van der Waals surface area contributed by atoms with Crippen LogP contribution in [0.1, 0.15) is 169 Å². The van der Waals surface area contributed by atoms with Crippen LogP contribution in [0.25, 0.3) is 0 Å². The van der Waals surface area contributed by atoms with Crippen LogP contribution < -0.4 is 17.2 Å². The third-order valence-electron chi connectivity index (χ3n) is 15.5. The topological polar surface area (TPSA) is 109 Å². The number of nitrogens with zero attached hydrogens (tertiary/aromatic N) is 1. The molecule has 11 atom stereocenters. The van der Waals surface area contributed by atoms with E-state index in [1.54, 1.807) is 0 Å². The average molecular weight is 747 g/mol. The number of hydrogen-bond donors (Lipinski definition) is 3. The molecule has 53 heavy (non-hydrogen) atoms. The van der Waals surface area contributed by atoms with Crippen molar-refractivity contribution >= 4 is 0 Å². The summed E-state index contributed by atoms with van der Waals surface area (Å²) in [5.41, 5.74) is 18.2. The fraction of sp³-hybridized carbons (Fsp3) is 1.00. The molecule has 0 aromatic carbocycles. The van der Waals surface area contributed by atoms with Crippen molar-refractivity contribution in [3.05, 3.63) is 0 Å². The summed E-state index contributed by atoms with van der Waals surface area (Å²) in [5.74, 6) is 4.00. The number of unbranched alkanes of at least 4 members (excludes halogenated alkanes) is 7. The Bertz CT molecular complexity index is 961. The molecule has 0 saturated heterocycles. The van der Waals surface area contributed by atoms with Gasteiger partial charge < -0.3 is 36.3 Å². The van der Waals surface area contributed by atoms with E-state index in [0.29, 0.717) is 59.2 Å². The molecule has 7 heteroatoms. The molecule has 0 spiro atoms. The molecule has 312 valence electrons. The van der Waals surface area contributed by atoms with Gasteiger partial charge >= 0.3 is 0 Å². The second-order valence-corrected chi connectivity index (χ2v) is 18.9.